The van der Waals surface area contributed by atoms with Gasteiger partial charge in [-0.05, 0) is 41.1 Å². The summed E-state index contributed by atoms with van der Waals surface area (Å²) < 4.78 is 14.3. The Kier molecular flexibility index (Phi) is 3.98. The van der Waals surface area contributed by atoms with Crippen molar-refractivity contribution in [3.05, 3.63) is 33.1 Å². The van der Waals surface area contributed by atoms with Gasteiger partial charge in [-0.1, -0.05) is 6.07 Å². The normalized spacial score (nSPS) is 19.7. The summed E-state index contributed by atoms with van der Waals surface area (Å²) in [6.07, 6.45) is 0.785. The molecule has 5 heteroatoms. The molecule has 1 aliphatic heterocycles. The van der Waals surface area contributed by atoms with Crippen LogP contribution in [0, 0.1) is 15.3 Å². The summed E-state index contributed by atoms with van der Waals surface area (Å²) >= 11 is 1.97. The average Bonchev–Trinajstić information content (AvgIpc) is 2.77. The molecule has 0 saturated carbocycles. The van der Waals surface area contributed by atoms with Crippen molar-refractivity contribution in [1.82, 2.24) is 4.90 Å². The molecule has 1 heterocycles. The highest BCUT2D eigenvalue weighted by Crippen LogP contribution is 2.22. The van der Waals surface area contributed by atoms with Crippen LogP contribution in [-0.2, 0) is 0 Å². The monoisotopic (exact) mass is 349 g/mol. The highest BCUT2D eigenvalue weighted by atomic mass is 127. The first-order chi connectivity index (χ1) is 8.13. The molecule has 0 radical (unpaired) electrons. The molecular weight excluding hydrogens is 336 g/mol. The minimum atomic E-state index is -0.477. The first-order valence-corrected chi connectivity index (χ1v) is 6.55. The molecule has 1 saturated heterocycles. The number of likely N-dealkylation sites (tertiary alicyclic amines) is 1. The molecule has 0 aliphatic carbocycles. The number of benzene rings is 1. The Hall–Kier alpha value is -0.690. The zero-order valence-corrected chi connectivity index (χ0v) is 11.4. The third-order valence-corrected chi connectivity index (χ3v) is 3.91. The molecule has 1 amide bonds. The van der Waals surface area contributed by atoms with Gasteiger partial charge in [-0.25, -0.2) is 4.39 Å². The van der Waals surface area contributed by atoms with E-state index in [9.17, 15) is 9.18 Å². The maximum absolute atomic E-state index is 13.6. The first-order valence-electron chi connectivity index (χ1n) is 5.47. The zero-order chi connectivity index (χ0) is 12.4. The fraction of sp³-hybridized carbons (Fsp3) is 0.417. The second-order valence-electron chi connectivity index (χ2n) is 4.19. The summed E-state index contributed by atoms with van der Waals surface area (Å²) in [5.74, 6) is -0.624. The molecule has 2 rings (SSSR count). The molecular formula is C12H13FINO2. The molecule has 1 atom stereocenters. The Balaban J connectivity index is 2.21. The van der Waals surface area contributed by atoms with Crippen LogP contribution in [0.1, 0.15) is 16.8 Å². The lowest BCUT2D eigenvalue weighted by Gasteiger charge is -2.17. The van der Waals surface area contributed by atoms with Crippen molar-refractivity contribution in [3.8, 4) is 0 Å². The third-order valence-electron chi connectivity index (χ3n) is 3.01. The standard InChI is InChI=1S/C12H13FINO2/c13-9-2-1-3-10(14)11(9)12(17)15-5-4-8(6-15)7-16/h1-3,8,16H,4-7H2. The van der Waals surface area contributed by atoms with Crippen molar-refractivity contribution in [2.75, 3.05) is 19.7 Å². The Bertz CT molecular complexity index is 418. The van der Waals surface area contributed by atoms with Crippen LogP contribution >= 0.6 is 22.6 Å². The molecule has 0 bridgehead atoms. The van der Waals surface area contributed by atoms with Gasteiger partial charge >= 0.3 is 0 Å². The Morgan fingerprint density at radius 1 is 1.59 bits per heavy atom. The first kappa shape index (κ1) is 12.8. The van der Waals surface area contributed by atoms with E-state index < -0.39 is 5.82 Å². The Morgan fingerprint density at radius 2 is 2.35 bits per heavy atom. The van der Waals surface area contributed by atoms with Gasteiger partial charge in [0.25, 0.3) is 5.91 Å². The van der Waals surface area contributed by atoms with Crippen molar-refractivity contribution in [2.24, 2.45) is 5.92 Å². The Labute approximate surface area is 113 Å². The van der Waals surface area contributed by atoms with E-state index in [2.05, 4.69) is 0 Å². The average molecular weight is 349 g/mol. The number of amides is 1. The fourth-order valence-electron chi connectivity index (χ4n) is 2.03. The van der Waals surface area contributed by atoms with Gasteiger partial charge in [0.2, 0.25) is 0 Å². The summed E-state index contributed by atoms with van der Waals surface area (Å²) in [4.78, 5) is 13.8. The van der Waals surface area contributed by atoms with Crippen molar-refractivity contribution < 1.29 is 14.3 Å². The number of hydrogen-bond donors (Lipinski definition) is 1. The van der Waals surface area contributed by atoms with E-state index >= 15 is 0 Å². The van der Waals surface area contributed by atoms with Gasteiger partial charge in [-0.3, -0.25) is 4.79 Å². The molecule has 3 nitrogen and oxygen atoms in total. The number of rotatable bonds is 2. The fourth-order valence-corrected chi connectivity index (χ4v) is 2.72. The number of aliphatic hydroxyl groups excluding tert-OH is 1. The number of nitrogens with zero attached hydrogens (tertiary/aromatic N) is 1. The molecule has 17 heavy (non-hydrogen) atoms. The predicted octanol–water partition coefficient (Wildman–Crippen LogP) is 1.88. The van der Waals surface area contributed by atoms with Gasteiger partial charge in [0.05, 0.1) is 5.56 Å². The molecule has 0 aromatic heterocycles. The lowest BCUT2D eigenvalue weighted by molar-refractivity contribution is 0.0776. The van der Waals surface area contributed by atoms with Gasteiger partial charge in [0, 0.05) is 29.2 Å². The summed E-state index contributed by atoms with van der Waals surface area (Å²) in [6.45, 7) is 1.19. The number of hydrogen-bond acceptors (Lipinski definition) is 2. The van der Waals surface area contributed by atoms with E-state index in [0.29, 0.717) is 16.7 Å². The summed E-state index contributed by atoms with van der Waals surface area (Å²) in [5.41, 5.74) is 0.145. The van der Waals surface area contributed by atoms with Gasteiger partial charge in [-0.2, -0.15) is 0 Å². The van der Waals surface area contributed by atoms with Crippen molar-refractivity contribution in [2.45, 2.75) is 6.42 Å². The molecule has 1 aromatic carbocycles. The quantitative estimate of drug-likeness (QED) is 0.829. The highest BCUT2D eigenvalue weighted by Gasteiger charge is 2.28. The van der Waals surface area contributed by atoms with Crippen molar-refractivity contribution >= 4 is 28.5 Å². The van der Waals surface area contributed by atoms with Crippen LogP contribution in [0.2, 0.25) is 0 Å². The van der Waals surface area contributed by atoms with E-state index in [-0.39, 0.29) is 24.0 Å². The molecule has 0 spiro atoms. The highest BCUT2D eigenvalue weighted by molar-refractivity contribution is 14.1. The van der Waals surface area contributed by atoms with Crippen LogP contribution in [0.25, 0.3) is 0 Å². The van der Waals surface area contributed by atoms with E-state index in [4.69, 9.17) is 5.11 Å². The lowest BCUT2D eigenvalue weighted by Crippen LogP contribution is -2.30. The molecule has 1 aliphatic rings. The number of carbonyl (C=O) groups is 1. The summed E-state index contributed by atoms with van der Waals surface area (Å²) in [5, 5.41) is 9.03. The smallest absolute Gasteiger partial charge is 0.257 e. The van der Waals surface area contributed by atoms with Crippen LogP contribution in [0.15, 0.2) is 18.2 Å². The van der Waals surface area contributed by atoms with E-state index in [1.807, 2.05) is 22.6 Å². The molecule has 1 N–H and O–H groups in total. The van der Waals surface area contributed by atoms with Crippen LogP contribution in [0.3, 0.4) is 0 Å². The van der Waals surface area contributed by atoms with E-state index in [0.717, 1.165) is 6.42 Å². The second kappa shape index (κ2) is 5.30. The maximum atomic E-state index is 13.6. The number of carbonyl (C=O) groups excluding carboxylic acids is 1. The topological polar surface area (TPSA) is 40.5 Å². The molecule has 1 aromatic rings. The summed E-state index contributed by atoms with van der Waals surface area (Å²) in [6, 6.07) is 4.61. The zero-order valence-electron chi connectivity index (χ0n) is 9.20. The molecule has 92 valence electrons. The van der Waals surface area contributed by atoms with Crippen molar-refractivity contribution in [3.63, 3.8) is 0 Å². The van der Waals surface area contributed by atoms with Gasteiger partial charge < -0.3 is 10.0 Å². The maximum Gasteiger partial charge on any atom is 0.257 e. The van der Waals surface area contributed by atoms with E-state index in [1.54, 1.807) is 17.0 Å². The van der Waals surface area contributed by atoms with Crippen LogP contribution in [0.5, 0.6) is 0 Å². The predicted molar refractivity (Wildman–Crippen MR) is 70.2 cm³/mol. The second-order valence-corrected chi connectivity index (χ2v) is 5.35. The SMILES string of the molecule is O=C(c1c(F)cccc1I)N1CCC(CO)C1. The molecule has 1 fully saturated rings. The number of aliphatic hydroxyl groups is 1. The Morgan fingerprint density at radius 3 is 2.94 bits per heavy atom. The summed E-state index contributed by atoms with van der Waals surface area (Å²) in [7, 11) is 0. The van der Waals surface area contributed by atoms with Gasteiger partial charge in [0.1, 0.15) is 5.82 Å². The van der Waals surface area contributed by atoms with Gasteiger partial charge in [-0.15, -0.1) is 0 Å². The van der Waals surface area contributed by atoms with E-state index in [1.165, 1.54) is 6.07 Å². The lowest BCUT2D eigenvalue weighted by atomic mass is 10.1. The minimum Gasteiger partial charge on any atom is -0.396 e. The van der Waals surface area contributed by atoms with Gasteiger partial charge in [0.15, 0.2) is 0 Å². The third kappa shape index (κ3) is 2.60. The minimum absolute atomic E-state index is 0.0815. The number of halogens is 2. The van der Waals surface area contributed by atoms with Crippen molar-refractivity contribution in [1.29, 1.82) is 0 Å². The molecule has 1 unspecified atom stereocenters. The van der Waals surface area contributed by atoms with Crippen LogP contribution < -0.4 is 0 Å². The largest absolute Gasteiger partial charge is 0.396 e. The van der Waals surface area contributed by atoms with Crippen LogP contribution in [0.4, 0.5) is 4.39 Å². The van der Waals surface area contributed by atoms with Crippen LogP contribution in [-0.4, -0.2) is 35.6 Å².